The van der Waals surface area contributed by atoms with Gasteiger partial charge in [-0.15, -0.1) is 0 Å². The highest BCUT2D eigenvalue weighted by Crippen LogP contribution is 2.29. The van der Waals surface area contributed by atoms with E-state index in [-0.39, 0.29) is 0 Å². The van der Waals surface area contributed by atoms with E-state index in [1.165, 1.54) is 5.56 Å². The Morgan fingerprint density at radius 2 is 1.79 bits per heavy atom. The van der Waals surface area contributed by atoms with Crippen LogP contribution in [0, 0.1) is 0 Å². The number of aromatic nitrogens is 2. The Kier molecular flexibility index (Phi) is 3.69. The van der Waals surface area contributed by atoms with Crippen LogP contribution in [0.1, 0.15) is 5.56 Å². The number of imidazole rings is 1. The maximum absolute atomic E-state index is 5.98. The van der Waals surface area contributed by atoms with Gasteiger partial charge in [-0.1, -0.05) is 65.3 Å². The number of hydrogen-bond acceptors (Lipinski definition) is 2. The third-order valence-corrected chi connectivity index (χ3v) is 4.39. The van der Waals surface area contributed by atoms with Gasteiger partial charge in [0.15, 0.2) is 5.16 Å². The Balaban J connectivity index is 1.82. The summed E-state index contributed by atoms with van der Waals surface area (Å²) < 4.78 is 0. The summed E-state index contributed by atoms with van der Waals surface area (Å²) in [6.45, 7) is 0. The maximum Gasteiger partial charge on any atom is 0.166 e. The standard InChI is InChI=1S/C14H10Cl2N2S/c15-10-6-12-13(7-11(10)16)18-14(17-12)19-8-9-4-2-1-3-5-9/h1-7H,8H2,(H,17,18). The van der Waals surface area contributed by atoms with Gasteiger partial charge in [0, 0.05) is 5.75 Å². The smallest absolute Gasteiger partial charge is 0.166 e. The SMILES string of the molecule is Clc1cc2nc(SCc3ccccc3)[nH]c2cc1Cl. The fraction of sp³-hybridized carbons (Fsp3) is 0.0714. The zero-order valence-corrected chi connectivity index (χ0v) is 12.2. The molecule has 3 rings (SSSR count). The van der Waals surface area contributed by atoms with Gasteiger partial charge in [-0.05, 0) is 17.7 Å². The molecule has 0 bridgehead atoms. The molecule has 2 aromatic carbocycles. The van der Waals surface area contributed by atoms with Crippen molar-refractivity contribution in [2.75, 3.05) is 0 Å². The molecule has 0 atom stereocenters. The molecule has 0 amide bonds. The summed E-state index contributed by atoms with van der Waals surface area (Å²) in [7, 11) is 0. The van der Waals surface area contributed by atoms with Gasteiger partial charge in [0.2, 0.25) is 0 Å². The average Bonchev–Trinajstić information content (AvgIpc) is 2.80. The lowest BCUT2D eigenvalue weighted by Gasteiger charge is -1.97. The van der Waals surface area contributed by atoms with Crippen molar-refractivity contribution < 1.29 is 0 Å². The highest BCUT2D eigenvalue weighted by atomic mass is 35.5. The summed E-state index contributed by atoms with van der Waals surface area (Å²) >= 11 is 13.6. The number of nitrogens with zero attached hydrogens (tertiary/aromatic N) is 1. The van der Waals surface area contributed by atoms with Crippen LogP contribution in [0.5, 0.6) is 0 Å². The van der Waals surface area contributed by atoms with E-state index in [4.69, 9.17) is 23.2 Å². The molecule has 5 heteroatoms. The molecule has 1 N–H and O–H groups in total. The van der Waals surface area contributed by atoms with Crippen molar-refractivity contribution in [3.8, 4) is 0 Å². The fourth-order valence-corrected chi connectivity index (χ4v) is 2.94. The van der Waals surface area contributed by atoms with Gasteiger partial charge >= 0.3 is 0 Å². The van der Waals surface area contributed by atoms with E-state index in [2.05, 4.69) is 22.1 Å². The number of fused-ring (bicyclic) bond motifs is 1. The second-order valence-corrected chi connectivity index (χ2v) is 5.88. The molecule has 0 fully saturated rings. The van der Waals surface area contributed by atoms with Crippen LogP contribution < -0.4 is 0 Å². The number of H-pyrrole nitrogens is 1. The molecule has 3 aromatic rings. The van der Waals surface area contributed by atoms with Crippen LogP contribution in [0.15, 0.2) is 47.6 Å². The number of nitrogens with one attached hydrogen (secondary N) is 1. The number of hydrogen-bond donors (Lipinski definition) is 1. The molecular weight excluding hydrogens is 299 g/mol. The first-order valence-electron chi connectivity index (χ1n) is 5.74. The molecule has 96 valence electrons. The quantitative estimate of drug-likeness (QED) is 0.677. The minimum atomic E-state index is 0.528. The van der Waals surface area contributed by atoms with Crippen molar-refractivity contribution in [2.45, 2.75) is 10.9 Å². The number of halogens is 2. The van der Waals surface area contributed by atoms with Crippen molar-refractivity contribution >= 4 is 46.0 Å². The van der Waals surface area contributed by atoms with Crippen LogP contribution in [0.4, 0.5) is 0 Å². The molecule has 0 spiro atoms. The van der Waals surface area contributed by atoms with Crippen LogP contribution >= 0.6 is 35.0 Å². The van der Waals surface area contributed by atoms with Crippen LogP contribution in [-0.2, 0) is 5.75 Å². The summed E-state index contributed by atoms with van der Waals surface area (Å²) in [5.74, 6) is 0.877. The first-order valence-corrected chi connectivity index (χ1v) is 7.48. The highest BCUT2D eigenvalue weighted by Gasteiger charge is 2.07. The van der Waals surface area contributed by atoms with E-state index in [0.717, 1.165) is 21.9 Å². The third kappa shape index (κ3) is 2.89. The third-order valence-electron chi connectivity index (χ3n) is 2.72. The lowest BCUT2D eigenvalue weighted by atomic mass is 10.2. The second-order valence-electron chi connectivity index (χ2n) is 4.10. The summed E-state index contributed by atoms with van der Waals surface area (Å²) in [6.07, 6.45) is 0. The van der Waals surface area contributed by atoms with Crippen LogP contribution in [-0.4, -0.2) is 9.97 Å². The van der Waals surface area contributed by atoms with E-state index in [9.17, 15) is 0 Å². The van der Waals surface area contributed by atoms with Gasteiger partial charge in [0.05, 0.1) is 21.1 Å². The van der Waals surface area contributed by atoms with Gasteiger partial charge < -0.3 is 4.98 Å². The summed E-state index contributed by atoms with van der Waals surface area (Å²) in [5, 5.41) is 1.94. The van der Waals surface area contributed by atoms with Gasteiger partial charge in [0.25, 0.3) is 0 Å². The van der Waals surface area contributed by atoms with E-state index >= 15 is 0 Å². The lowest BCUT2D eigenvalue weighted by molar-refractivity contribution is 1.08. The van der Waals surface area contributed by atoms with Gasteiger partial charge in [-0.2, -0.15) is 0 Å². The molecule has 1 heterocycles. The normalized spacial score (nSPS) is 11.1. The number of rotatable bonds is 3. The molecule has 0 unspecified atom stereocenters. The number of thioether (sulfide) groups is 1. The molecule has 0 aliphatic carbocycles. The Labute approximate surface area is 125 Å². The summed E-state index contributed by atoms with van der Waals surface area (Å²) in [6, 6.07) is 13.9. The zero-order chi connectivity index (χ0) is 13.2. The molecule has 1 aromatic heterocycles. The van der Waals surface area contributed by atoms with Gasteiger partial charge in [-0.3, -0.25) is 0 Å². The molecular formula is C14H10Cl2N2S. The Morgan fingerprint density at radius 1 is 1.05 bits per heavy atom. The van der Waals surface area contributed by atoms with Crippen molar-refractivity contribution in [2.24, 2.45) is 0 Å². The predicted octanol–water partition coefficient (Wildman–Crippen LogP) is 5.16. The van der Waals surface area contributed by atoms with E-state index < -0.39 is 0 Å². The van der Waals surface area contributed by atoms with Gasteiger partial charge in [-0.25, -0.2) is 4.98 Å². The van der Waals surface area contributed by atoms with E-state index in [1.54, 1.807) is 23.9 Å². The Hall–Kier alpha value is -1.16. The monoisotopic (exact) mass is 308 g/mol. The zero-order valence-electron chi connectivity index (χ0n) is 9.86. The second kappa shape index (κ2) is 5.45. The van der Waals surface area contributed by atoms with Crippen LogP contribution in [0.3, 0.4) is 0 Å². The molecule has 0 saturated heterocycles. The van der Waals surface area contributed by atoms with Crippen molar-refractivity contribution in [1.82, 2.24) is 9.97 Å². The van der Waals surface area contributed by atoms with Crippen LogP contribution in [0.2, 0.25) is 10.0 Å². The van der Waals surface area contributed by atoms with Crippen molar-refractivity contribution in [1.29, 1.82) is 0 Å². The Bertz CT molecular complexity index is 671. The minimum absolute atomic E-state index is 0.528. The van der Waals surface area contributed by atoms with E-state index in [0.29, 0.717) is 10.0 Å². The molecule has 2 nitrogen and oxygen atoms in total. The predicted molar refractivity (Wildman–Crippen MR) is 82.1 cm³/mol. The molecule has 0 aliphatic heterocycles. The van der Waals surface area contributed by atoms with E-state index in [1.807, 2.05) is 18.2 Å². The minimum Gasteiger partial charge on any atom is -0.333 e. The van der Waals surface area contributed by atoms with Crippen molar-refractivity contribution in [3.63, 3.8) is 0 Å². The Morgan fingerprint density at radius 3 is 2.58 bits per heavy atom. The van der Waals surface area contributed by atoms with Crippen LogP contribution in [0.25, 0.3) is 11.0 Å². The molecule has 0 radical (unpaired) electrons. The number of aromatic amines is 1. The number of benzene rings is 2. The molecule has 0 saturated carbocycles. The van der Waals surface area contributed by atoms with Gasteiger partial charge in [0.1, 0.15) is 0 Å². The average molecular weight is 309 g/mol. The molecule has 0 aliphatic rings. The van der Waals surface area contributed by atoms with Crippen molar-refractivity contribution in [3.05, 3.63) is 58.1 Å². The summed E-state index contributed by atoms with van der Waals surface area (Å²) in [4.78, 5) is 7.74. The molecule has 19 heavy (non-hydrogen) atoms. The topological polar surface area (TPSA) is 28.7 Å². The maximum atomic E-state index is 5.98. The summed E-state index contributed by atoms with van der Waals surface area (Å²) in [5.41, 5.74) is 3.01. The largest absolute Gasteiger partial charge is 0.333 e. The fourth-order valence-electron chi connectivity index (χ4n) is 1.78. The lowest BCUT2D eigenvalue weighted by Crippen LogP contribution is -1.80. The first-order chi connectivity index (χ1) is 9.22. The highest BCUT2D eigenvalue weighted by molar-refractivity contribution is 7.98. The first kappa shape index (κ1) is 12.9.